The second kappa shape index (κ2) is 18.8. The van der Waals surface area contributed by atoms with E-state index in [-0.39, 0.29) is 51.1 Å². The lowest BCUT2D eigenvalue weighted by Crippen LogP contribution is -2.41. The number of carbonyl (C=O) groups excluding carboxylic acids is 3. The molecule has 9 N–H and O–H groups in total. The summed E-state index contributed by atoms with van der Waals surface area (Å²) in [6, 6.07) is 0. The van der Waals surface area contributed by atoms with Crippen molar-refractivity contribution in [2.45, 2.75) is 0 Å². The van der Waals surface area contributed by atoms with Crippen molar-refractivity contribution in [1.29, 1.82) is 0 Å². The number of hydrogen-bond donors (Lipinski definition) is 9. The molecule has 0 aliphatic carbocycles. The summed E-state index contributed by atoms with van der Waals surface area (Å²) in [6.45, 7) is 2.48. The Morgan fingerprint density at radius 2 is 1.03 bits per heavy atom. The van der Waals surface area contributed by atoms with Crippen molar-refractivity contribution in [3.05, 3.63) is 0 Å². The van der Waals surface area contributed by atoms with E-state index in [4.69, 9.17) is 10.2 Å². The summed E-state index contributed by atoms with van der Waals surface area (Å²) in [5.41, 5.74) is 0. The van der Waals surface area contributed by atoms with E-state index in [1.54, 1.807) is 0 Å². The summed E-state index contributed by atoms with van der Waals surface area (Å²) in [7, 11) is 0. The van der Waals surface area contributed by atoms with Gasteiger partial charge in [-0.2, -0.15) is 0 Å². The number of alkyl carbamates (subject to hydrolysis) is 1. The lowest BCUT2D eigenvalue weighted by molar-refractivity contribution is -0.140. The van der Waals surface area contributed by atoms with Crippen LogP contribution in [-0.4, -0.2) is 112 Å². The van der Waals surface area contributed by atoms with Gasteiger partial charge < -0.3 is 52.2 Å². The summed E-state index contributed by atoms with van der Waals surface area (Å²) >= 11 is 0. The maximum atomic E-state index is 11.6. The molecule has 0 aromatic heterocycles. The molecule has 0 spiro atoms. The van der Waals surface area contributed by atoms with Crippen LogP contribution in [0.4, 0.5) is 9.59 Å². The van der Waals surface area contributed by atoms with Gasteiger partial charge in [0.05, 0.1) is 13.1 Å². The van der Waals surface area contributed by atoms with E-state index in [9.17, 15) is 24.0 Å². The summed E-state index contributed by atoms with van der Waals surface area (Å²) in [5.74, 6) is -1.74. The summed E-state index contributed by atoms with van der Waals surface area (Å²) < 4.78 is 4.35. The highest BCUT2D eigenvalue weighted by molar-refractivity contribution is 5.78. The summed E-state index contributed by atoms with van der Waals surface area (Å²) in [6.07, 6.45) is -2.01. The molecule has 0 rings (SSSR count). The van der Waals surface area contributed by atoms with Crippen molar-refractivity contribution in [3.8, 4) is 0 Å². The molecule has 0 bridgehead atoms. The molecule has 31 heavy (non-hydrogen) atoms. The zero-order valence-electron chi connectivity index (χ0n) is 17.1. The fourth-order valence-electron chi connectivity index (χ4n) is 1.92. The van der Waals surface area contributed by atoms with Crippen LogP contribution in [0.15, 0.2) is 0 Å². The number of amides is 4. The lowest BCUT2D eigenvalue weighted by Gasteiger charge is -2.09. The average Bonchev–Trinajstić information content (AvgIpc) is 2.71. The molecule has 0 unspecified atom stereocenters. The number of carboxylic acids is 1. The molecule has 0 aromatic carbocycles. The van der Waals surface area contributed by atoms with Gasteiger partial charge in [0, 0.05) is 52.4 Å². The first-order chi connectivity index (χ1) is 14.8. The van der Waals surface area contributed by atoms with Crippen LogP contribution in [0.25, 0.3) is 0 Å². The topological polar surface area (TPSA) is 219 Å². The fraction of sp³-hybridized carbons (Fsp3) is 0.688. The van der Waals surface area contributed by atoms with Crippen LogP contribution in [0.2, 0.25) is 0 Å². The van der Waals surface area contributed by atoms with Crippen LogP contribution < -0.4 is 37.2 Å². The molecule has 0 heterocycles. The van der Waals surface area contributed by atoms with Crippen molar-refractivity contribution in [2.75, 3.05) is 72.1 Å². The molecule has 0 saturated carbocycles. The van der Waals surface area contributed by atoms with Crippen molar-refractivity contribution >= 4 is 30.0 Å². The van der Waals surface area contributed by atoms with E-state index < -0.39 is 24.8 Å². The first-order valence-electron chi connectivity index (χ1n) is 9.56. The molecule has 15 heteroatoms. The van der Waals surface area contributed by atoms with Crippen molar-refractivity contribution in [1.82, 2.24) is 37.2 Å². The summed E-state index contributed by atoms with van der Waals surface area (Å²) in [5, 5.41) is 35.2. The van der Waals surface area contributed by atoms with Gasteiger partial charge in [-0.15, -0.1) is 0 Å². The van der Waals surface area contributed by atoms with E-state index in [0.717, 1.165) is 0 Å². The second-order valence-electron chi connectivity index (χ2n) is 5.93. The van der Waals surface area contributed by atoms with Gasteiger partial charge in [-0.1, -0.05) is 0 Å². The third-order valence-corrected chi connectivity index (χ3v) is 3.29. The minimum absolute atomic E-state index is 0.0975. The number of ether oxygens (including phenoxy) is 1. The molecule has 4 amide bonds. The van der Waals surface area contributed by atoms with Crippen LogP contribution in [0.1, 0.15) is 0 Å². The molecular formula is C16H31N7O8. The number of aliphatic carboxylic acids is 1. The maximum Gasteiger partial charge on any atom is 0.407 e. The minimum Gasteiger partial charge on any atom is -0.479 e. The molecule has 0 aliphatic heterocycles. The van der Waals surface area contributed by atoms with Crippen molar-refractivity contribution in [2.24, 2.45) is 0 Å². The van der Waals surface area contributed by atoms with Gasteiger partial charge in [-0.25, -0.2) is 14.4 Å². The zero-order chi connectivity index (χ0) is 23.3. The number of hydrogen-bond acceptors (Lipinski definition) is 9. The van der Waals surface area contributed by atoms with E-state index in [2.05, 4.69) is 42.0 Å². The number of nitrogens with one attached hydrogen (secondary N) is 7. The third kappa shape index (κ3) is 21.4. The molecule has 0 fully saturated rings. The molecule has 178 valence electrons. The van der Waals surface area contributed by atoms with E-state index in [0.29, 0.717) is 26.2 Å². The molecule has 0 radical (unpaired) electrons. The Bertz CT molecular complexity index is 576. The van der Waals surface area contributed by atoms with E-state index >= 15 is 0 Å². The van der Waals surface area contributed by atoms with Gasteiger partial charge in [0.25, 0.3) is 0 Å². The third-order valence-electron chi connectivity index (χ3n) is 3.29. The maximum absolute atomic E-state index is 11.6. The monoisotopic (exact) mass is 449 g/mol. The van der Waals surface area contributed by atoms with Gasteiger partial charge in [-0.05, 0) is 0 Å². The number of carboxylic acid groups (broad SMARTS) is 2. The quantitative estimate of drug-likeness (QED) is 0.0920. The van der Waals surface area contributed by atoms with Gasteiger partial charge in [0.1, 0.15) is 0 Å². The Balaban J connectivity index is 3.38. The smallest absolute Gasteiger partial charge is 0.407 e. The standard InChI is InChI=1S/C16H31N7O8/c24-12(20-5-7-22-15(28)29)9-18-3-1-17-2-4-19-10-13(25)21-6-8-23-16(30)31-11-14(26)27/h17-19,22H,1-11H2,(H,20,24)(H,21,25)(H,23,30)(H,26,27)(H,28,29). The number of carbonyl (C=O) groups is 5. The van der Waals surface area contributed by atoms with Gasteiger partial charge >= 0.3 is 18.2 Å². The van der Waals surface area contributed by atoms with Gasteiger partial charge in [0.15, 0.2) is 6.61 Å². The lowest BCUT2D eigenvalue weighted by atomic mass is 10.5. The highest BCUT2D eigenvalue weighted by Gasteiger charge is 2.05. The molecule has 15 nitrogen and oxygen atoms in total. The SMILES string of the molecule is O=C(O)COC(=O)NCCNC(=O)CNCCNCCNCC(=O)NCCNC(=O)O. The van der Waals surface area contributed by atoms with Crippen LogP contribution in [0, 0.1) is 0 Å². The Labute approximate surface area is 179 Å². The largest absolute Gasteiger partial charge is 0.479 e. The zero-order valence-corrected chi connectivity index (χ0v) is 17.1. The number of rotatable bonds is 18. The van der Waals surface area contributed by atoms with Crippen molar-refractivity contribution < 1.29 is 38.9 Å². The first-order valence-corrected chi connectivity index (χ1v) is 9.56. The van der Waals surface area contributed by atoms with Crippen molar-refractivity contribution in [3.63, 3.8) is 0 Å². The van der Waals surface area contributed by atoms with Crippen LogP contribution in [0.5, 0.6) is 0 Å². The Morgan fingerprint density at radius 1 is 0.581 bits per heavy atom. The molecule has 0 saturated heterocycles. The second-order valence-corrected chi connectivity index (χ2v) is 5.93. The average molecular weight is 449 g/mol. The van der Waals surface area contributed by atoms with Gasteiger partial charge in [0.2, 0.25) is 11.8 Å². The highest BCUT2D eigenvalue weighted by atomic mass is 16.6. The normalized spacial score (nSPS) is 10.1. The minimum atomic E-state index is -1.26. The van der Waals surface area contributed by atoms with E-state index in [1.807, 2.05) is 0 Å². The Morgan fingerprint density at radius 3 is 1.52 bits per heavy atom. The van der Waals surface area contributed by atoms with E-state index in [1.165, 1.54) is 0 Å². The van der Waals surface area contributed by atoms with Crippen LogP contribution in [0.3, 0.4) is 0 Å². The van der Waals surface area contributed by atoms with Crippen LogP contribution >= 0.6 is 0 Å². The molecular weight excluding hydrogens is 418 g/mol. The predicted molar refractivity (Wildman–Crippen MR) is 108 cm³/mol. The predicted octanol–water partition coefficient (Wildman–Crippen LogP) is -3.93. The fourth-order valence-corrected chi connectivity index (χ4v) is 1.92. The van der Waals surface area contributed by atoms with Gasteiger partial charge in [-0.3, -0.25) is 9.59 Å². The molecule has 0 aliphatic rings. The first kappa shape index (κ1) is 27.8. The van der Waals surface area contributed by atoms with Crippen LogP contribution in [-0.2, 0) is 19.1 Å². The molecule has 0 aromatic rings. The Kier molecular flexibility index (Phi) is 16.9. The molecule has 0 atom stereocenters. The highest BCUT2D eigenvalue weighted by Crippen LogP contribution is 1.77. The summed E-state index contributed by atoms with van der Waals surface area (Å²) in [4.78, 5) is 54.5. The Hall–Kier alpha value is -3.17.